The zero-order valence-corrected chi connectivity index (χ0v) is 8.89. The first-order valence-electron chi connectivity index (χ1n) is 5.10. The standard InChI is InChI=1S/C11H18N2O/c1-4-9(5-2)13-10(14)11(3)6-7-12-8-11/h1,9,12H,5-8H2,2-3H3,(H,13,14). The third-order valence-corrected chi connectivity index (χ3v) is 2.83. The van der Waals surface area contributed by atoms with Crippen molar-refractivity contribution >= 4 is 5.91 Å². The van der Waals surface area contributed by atoms with E-state index in [0.29, 0.717) is 0 Å². The van der Waals surface area contributed by atoms with E-state index in [1.807, 2.05) is 13.8 Å². The second kappa shape index (κ2) is 4.47. The highest BCUT2D eigenvalue weighted by molar-refractivity contribution is 5.83. The number of amides is 1. The van der Waals surface area contributed by atoms with Crippen molar-refractivity contribution in [2.24, 2.45) is 5.41 Å². The Morgan fingerprint density at radius 2 is 2.50 bits per heavy atom. The average Bonchev–Trinajstić information content (AvgIpc) is 2.62. The first-order chi connectivity index (χ1) is 6.62. The van der Waals surface area contributed by atoms with Gasteiger partial charge in [-0.05, 0) is 26.3 Å². The van der Waals surface area contributed by atoms with E-state index < -0.39 is 0 Å². The SMILES string of the molecule is C#CC(CC)NC(=O)C1(C)CCNC1. The molecule has 2 N–H and O–H groups in total. The molecule has 1 saturated heterocycles. The summed E-state index contributed by atoms with van der Waals surface area (Å²) in [5.41, 5.74) is -0.274. The molecule has 3 heteroatoms. The molecule has 3 nitrogen and oxygen atoms in total. The van der Waals surface area contributed by atoms with Crippen LogP contribution in [0.5, 0.6) is 0 Å². The van der Waals surface area contributed by atoms with Crippen LogP contribution < -0.4 is 10.6 Å². The van der Waals surface area contributed by atoms with Crippen molar-refractivity contribution in [1.82, 2.24) is 10.6 Å². The lowest BCUT2D eigenvalue weighted by Crippen LogP contribution is -2.44. The van der Waals surface area contributed by atoms with Gasteiger partial charge >= 0.3 is 0 Å². The molecule has 0 bridgehead atoms. The molecule has 0 aromatic heterocycles. The first kappa shape index (κ1) is 11.1. The molecule has 2 atom stereocenters. The minimum absolute atomic E-state index is 0.0762. The Hall–Kier alpha value is -1.01. The molecule has 2 unspecified atom stereocenters. The zero-order valence-electron chi connectivity index (χ0n) is 8.89. The van der Waals surface area contributed by atoms with E-state index in [1.54, 1.807) is 0 Å². The molecule has 1 heterocycles. The molecule has 0 aliphatic carbocycles. The fourth-order valence-electron chi connectivity index (χ4n) is 1.60. The lowest BCUT2D eigenvalue weighted by atomic mass is 9.88. The molecule has 1 aliphatic heterocycles. The molecule has 0 radical (unpaired) electrons. The van der Waals surface area contributed by atoms with E-state index in [9.17, 15) is 4.79 Å². The number of carbonyl (C=O) groups excluding carboxylic acids is 1. The Bertz CT molecular complexity index is 249. The summed E-state index contributed by atoms with van der Waals surface area (Å²) in [6, 6.07) is -0.125. The van der Waals surface area contributed by atoms with Crippen LogP contribution in [0, 0.1) is 17.8 Å². The van der Waals surface area contributed by atoms with Crippen LogP contribution in [0.4, 0.5) is 0 Å². The van der Waals surface area contributed by atoms with Gasteiger partial charge in [-0.2, -0.15) is 0 Å². The van der Waals surface area contributed by atoms with Gasteiger partial charge in [0.25, 0.3) is 0 Å². The molecule has 0 spiro atoms. The summed E-state index contributed by atoms with van der Waals surface area (Å²) in [5, 5.41) is 6.07. The largest absolute Gasteiger partial charge is 0.342 e. The maximum atomic E-state index is 11.8. The van der Waals surface area contributed by atoms with Crippen molar-refractivity contribution in [2.75, 3.05) is 13.1 Å². The average molecular weight is 194 g/mol. The minimum Gasteiger partial charge on any atom is -0.342 e. The maximum Gasteiger partial charge on any atom is 0.228 e. The van der Waals surface area contributed by atoms with Crippen LogP contribution in [0.15, 0.2) is 0 Å². The highest BCUT2D eigenvalue weighted by Crippen LogP contribution is 2.24. The Kier molecular flexibility index (Phi) is 3.54. The molecule has 0 saturated carbocycles. The lowest BCUT2D eigenvalue weighted by molar-refractivity contribution is -0.129. The molecule has 1 aliphatic rings. The summed E-state index contributed by atoms with van der Waals surface area (Å²) >= 11 is 0. The van der Waals surface area contributed by atoms with E-state index in [4.69, 9.17) is 6.42 Å². The summed E-state index contributed by atoms with van der Waals surface area (Å²) in [6.07, 6.45) is 6.97. The topological polar surface area (TPSA) is 41.1 Å². The van der Waals surface area contributed by atoms with Gasteiger partial charge in [-0.25, -0.2) is 0 Å². The molecule has 14 heavy (non-hydrogen) atoms. The number of hydrogen-bond acceptors (Lipinski definition) is 2. The van der Waals surface area contributed by atoms with Crippen LogP contribution in [0.25, 0.3) is 0 Å². The second-order valence-corrected chi connectivity index (χ2v) is 4.09. The predicted molar refractivity (Wildman–Crippen MR) is 56.6 cm³/mol. The van der Waals surface area contributed by atoms with Gasteiger partial charge in [-0.3, -0.25) is 4.79 Å². The Morgan fingerprint density at radius 3 is 2.93 bits per heavy atom. The van der Waals surface area contributed by atoms with Crippen molar-refractivity contribution in [2.45, 2.75) is 32.7 Å². The second-order valence-electron chi connectivity index (χ2n) is 4.09. The molecule has 1 rings (SSSR count). The van der Waals surface area contributed by atoms with Crippen LogP contribution in [-0.4, -0.2) is 25.0 Å². The van der Waals surface area contributed by atoms with Gasteiger partial charge in [0.2, 0.25) is 5.91 Å². The van der Waals surface area contributed by atoms with Crippen molar-refractivity contribution in [3.05, 3.63) is 0 Å². The van der Waals surface area contributed by atoms with E-state index in [2.05, 4.69) is 16.6 Å². The van der Waals surface area contributed by atoms with Gasteiger partial charge in [0.05, 0.1) is 11.5 Å². The Labute approximate surface area is 85.6 Å². The van der Waals surface area contributed by atoms with Gasteiger partial charge in [0.15, 0.2) is 0 Å². The Balaban J connectivity index is 2.53. The lowest BCUT2D eigenvalue weighted by Gasteiger charge is -2.23. The molecular formula is C11H18N2O. The van der Waals surface area contributed by atoms with E-state index >= 15 is 0 Å². The van der Waals surface area contributed by atoms with Crippen molar-refractivity contribution in [3.63, 3.8) is 0 Å². The summed E-state index contributed by atoms with van der Waals surface area (Å²) in [7, 11) is 0. The maximum absolute atomic E-state index is 11.8. The molecule has 1 fully saturated rings. The monoisotopic (exact) mass is 194 g/mol. The van der Waals surface area contributed by atoms with Gasteiger partial charge in [0, 0.05) is 6.54 Å². The van der Waals surface area contributed by atoms with Gasteiger partial charge in [-0.15, -0.1) is 6.42 Å². The molecule has 0 aromatic rings. The molecule has 78 valence electrons. The van der Waals surface area contributed by atoms with Crippen LogP contribution in [0.1, 0.15) is 26.7 Å². The quantitative estimate of drug-likeness (QED) is 0.643. The highest BCUT2D eigenvalue weighted by Gasteiger charge is 2.36. The van der Waals surface area contributed by atoms with Crippen LogP contribution in [0.2, 0.25) is 0 Å². The van der Waals surface area contributed by atoms with Gasteiger partial charge < -0.3 is 10.6 Å². The normalized spacial score (nSPS) is 28.1. The summed E-state index contributed by atoms with van der Waals surface area (Å²) in [5.74, 6) is 2.65. The highest BCUT2D eigenvalue weighted by atomic mass is 16.2. The van der Waals surface area contributed by atoms with Crippen molar-refractivity contribution < 1.29 is 4.79 Å². The summed E-state index contributed by atoms with van der Waals surface area (Å²) in [4.78, 5) is 11.8. The van der Waals surface area contributed by atoms with E-state index in [1.165, 1.54) is 0 Å². The number of nitrogens with one attached hydrogen (secondary N) is 2. The third-order valence-electron chi connectivity index (χ3n) is 2.83. The van der Waals surface area contributed by atoms with E-state index in [0.717, 1.165) is 25.9 Å². The van der Waals surface area contributed by atoms with E-state index in [-0.39, 0.29) is 17.4 Å². The number of hydrogen-bond donors (Lipinski definition) is 2. The fourth-order valence-corrected chi connectivity index (χ4v) is 1.60. The number of terminal acetylenes is 1. The fraction of sp³-hybridized carbons (Fsp3) is 0.727. The third kappa shape index (κ3) is 2.27. The van der Waals surface area contributed by atoms with Crippen LogP contribution in [-0.2, 0) is 4.79 Å². The van der Waals surface area contributed by atoms with Crippen molar-refractivity contribution in [1.29, 1.82) is 0 Å². The van der Waals surface area contributed by atoms with Crippen molar-refractivity contribution in [3.8, 4) is 12.3 Å². The minimum atomic E-state index is -0.274. The summed E-state index contributed by atoms with van der Waals surface area (Å²) in [6.45, 7) is 5.61. The first-order valence-corrected chi connectivity index (χ1v) is 5.10. The smallest absolute Gasteiger partial charge is 0.228 e. The van der Waals surface area contributed by atoms with Crippen LogP contribution in [0.3, 0.4) is 0 Å². The van der Waals surface area contributed by atoms with Gasteiger partial charge in [-0.1, -0.05) is 12.8 Å². The number of carbonyl (C=O) groups is 1. The zero-order chi connectivity index (χ0) is 10.6. The molecular weight excluding hydrogens is 176 g/mol. The number of rotatable bonds is 3. The van der Waals surface area contributed by atoms with Gasteiger partial charge in [0.1, 0.15) is 0 Å². The summed E-state index contributed by atoms with van der Waals surface area (Å²) < 4.78 is 0. The molecule has 1 amide bonds. The van der Waals surface area contributed by atoms with Crippen LogP contribution >= 0.6 is 0 Å². The Morgan fingerprint density at radius 1 is 1.79 bits per heavy atom. The predicted octanol–water partition coefficient (Wildman–Crippen LogP) is 0.514. The molecule has 0 aromatic carbocycles.